The highest BCUT2D eigenvalue weighted by atomic mass is 35.5. The summed E-state index contributed by atoms with van der Waals surface area (Å²) in [4.78, 5) is 16.3. The molecule has 2 heterocycles. The smallest absolute Gasteiger partial charge is 0.245 e. The molecule has 0 radical (unpaired) electrons. The van der Waals surface area contributed by atoms with Crippen molar-refractivity contribution < 1.29 is 9.53 Å². The number of nitrogens with one attached hydrogen (secondary N) is 2. The largest absolute Gasteiger partial charge is 0.378 e. The summed E-state index contributed by atoms with van der Waals surface area (Å²) >= 11 is 1.50. The molecule has 100 valence electrons. The third kappa shape index (κ3) is 3.20. The molecule has 18 heavy (non-hydrogen) atoms. The molecule has 2 fully saturated rings. The zero-order valence-electron chi connectivity index (χ0n) is 9.85. The number of carbonyl (C=O) groups excluding carboxylic acids is 1. The highest BCUT2D eigenvalue weighted by Gasteiger charge is 2.27. The van der Waals surface area contributed by atoms with Gasteiger partial charge in [0.1, 0.15) is 6.04 Å². The van der Waals surface area contributed by atoms with Crippen LogP contribution >= 0.6 is 23.7 Å². The van der Waals surface area contributed by atoms with E-state index < -0.39 is 0 Å². The summed E-state index contributed by atoms with van der Waals surface area (Å²) in [5, 5.41) is 8.70. The highest BCUT2D eigenvalue weighted by molar-refractivity contribution is 7.13. The predicted molar refractivity (Wildman–Crippen MR) is 72.6 cm³/mol. The summed E-state index contributed by atoms with van der Waals surface area (Å²) in [6.45, 7) is 1.84. The molecule has 5 nitrogen and oxygen atoms in total. The highest BCUT2D eigenvalue weighted by Crippen LogP contribution is 2.40. The van der Waals surface area contributed by atoms with Crippen molar-refractivity contribution >= 4 is 34.8 Å². The number of halogens is 1. The fourth-order valence-corrected chi connectivity index (χ4v) is 2.63. The number of nitrogens with zero attached hydrogens (tertiary/aromatic N) is 1. The Morgan fingerprint density at radius 1 is 1.56 bits per heavy atom. The van der Waals surface area contributed by atoms with E-state index in [2.05, 4.69) is 15.6 Å². The third-order valence-corrected chi connectivity index (χ3v) is 3.76. The van der Waals surface area contributed by atoms with Gasteiger partial charge in [-0.2, -0.15) is 0 Å². The van der Waals surface area contributed by atoms with E-state index in [1.54, 1.807) is 0 Å². The first-order chi connectivity index (χ1) is 8.33. The molecule has 1 aromatic rings. The zero-order valence-corrected chi connectivity index (χ0v) is 11.5. The second-order valence-corrected chi connectivity index (χ2v) is 5.28. The molecule has 0 aromatic carbocycles. The minimum atomic E-state index is -0.253. The molecule has 2 N–H and O–H groups in total. The molecule has 1 atom stereocenters. The molecular formula is C11H16ClN3O2S. The molecule has 0 bridgehead atoms. The number of amides is 1. The molecule has 1 aliphatic heterocycles. The van der Waals surface area contributed by atoms with Crippen LogP contribution in [0.25, 0.3) is 0 Å². The lowest BCUT2D eigenvalue weighted by Crippen LogP contribution is -2.48. The maximum Gasteiger partial charge on any atom is 0.245 e. The maximum absolute atomic E-state index is 11.9. The number of rotatable bonds is 3. The van der Waals surface area contributed by atoms with Gasteiger partial charge in [0.2, 0.25) is 5.91 Å². The fourth-order valence-electron chi connectivity index (χ4n) is 1.84. The van der Waals surface area contributed by atoms with Crippen LogP contribution in [0.15, 0.2) is 5.38 Å². The SMILES string of the molecule is Cl.O=C(Nc1nc(C2CC2)cs1)C1COCCN1. The number of ether oxygens (including phenoxy) is 1. The fraction of sp³-hybridized carbons (Fsp3) is 0.636. The number of thiazole rings is 1. The molecule has 1 aliphatic carbocycles. The first-order valence-corrected chi connectivity index (χ1v) is 6.78. The number of morpholine rings is 1. The zero-order chi connectivity index (χ0) is 11.7. The summed E-state index contributed by atoms with van der Waals surface area (Å²) in [5.41, 5.74) is 1.12. The van der Waals surface area contributed by atoms with Crippen LogP contribution in [0.5, 0.6) is 0 Å². The van der Waals surface area contributed by atoms with Gasteiger partial charge >= 0.3 is 0 Å². The summed E-state index contributed by atoms with van der Waals surface area (Å²) < 4.78 is 5.25. The van der Waals surface area contributed by atoms with Crippen molar-refractivity contribution in [3.8, 4) is 0 Å². The molecule has 3 rings (SSSR count). The average Bonchev–Trinajstić information content (AvgIpc) is 3.12. The molecule has 1 saturated carbocycles. The van der Waals surface area contributed by atoms with Crippen molar-refractivity contribution in [2.45, 2.75) is 24.8 Å². The van der Waals surface area contributed by atoms with E-state index in [0.717, 1.165) is 12.2 Å². The van der Waals surface area contributed by atoms with E-state index in [9.17, 15) is 4.79 Å². The molecule has 1 saturated heterocycles. The van der Waals surface area contributed by atoms with Crippen molar-refractivity contribution in [1.29, 1.82) is 0 Å². The maximum atomic E-state index is 11.9. The first-order valence-electron chi connectivity index (χ1n) is 5.90. The third-order valence-electron chi connectivity index (χ3n) is 2.99. The lowest BCUT2D eigenvalue weighted by atomic mass is 10.2. The van der Waals surface area contributed by atoms with Gasteiger partial charge in [-0.3, -0.25) is 4.79 Å². The Morgan fingerprint density at radius 3 is 3.06 bits per heavy atom. The minimum Gasteiger partial charge on any atom is -0.378 e. The Kier molecular flexibility index (Phi) is 4.55. The minimum absolute atomic E-state index is 0. The Hall–Kier alpha value is -0.690. The number of hydrogen-bond acceptors (Lipinski definition) is 5. The van der Waals surface area contributed by atoms with Crippen molar-refractivity contribution in [3.05, 3.63) is 11.1 Å². The number of hydrogen-bond donors (Lipinski definition) is 2. The normalized spacial score (nSPS) is 23.2. The second kappa shape index (κ2) is 5.97. The molecular weight excluding hydrogens is 274 g/mol. The van der Waals surface area contributed by atoms with E-state index in [-0.39, 0.29) is 24.4 Å². The van der Waals surface area contributed by atoms with Gasteiger partial charge in [0.15, 0.2) is 5.13 Å². The average molecular weight is 290 g/mol. The van der Waals surface area contributed by atoms with Crippen molar-refractivity contribution in [3.63, 3.8) is 0 Å². The topological polar surface area (TPSA) is 63.2 Å². The van der Waals surface area contributed by atoms with Gasteiger partial charge in [0, 0.05) is 17.8 Å². The van der Waals surface area contributed by atoms with E-state index in [4.69, 9.17) is 4.74 Å². The van der Waals surface area contributed by atoms with Gasteiger partial charge in [0.05, 0.1) is 18.9 Å². The molecule has 7 heteroatoms. The predicted octanol–water partition coefficient (Wildman–Crippen LogP) is 1.37. The summed E-state index contributed by atoms with van der Waals surface area (Å²) in [6, 6.07) is -0.253. The van der Waals surface area contributed by atoms with E-state index >= 15 is 0 Å². The van der Waals surface area contributed by atoms with E-state index in [1.165, 1.54) is 24.2 Å². The number of anilines is 1. The Morgan fingerprint density at radius 2 is 2.39 bits per heavy atom. The lowest BCUT2D eigenvalue weighted by molar-refractivity contribution is -0.120. The quantitative estimate of drug-likeness (QED) is 0.882. The van der Waals surface area contributed by atoms with Crippen molar-refractivity contribution in [2.24, 2.45) is 0 Å². The van der Waals surface area contributed by atoms with Gasteiger partial charge in [-0.05, 0) is 12.8 Å². The van der Waals surface area contributed by atoms with Crippen LogP contribution in [0.1, 0.15) is 24.5 Å². The summed E-state index contributed by atoms with van der Waals surface area (Å²) in [5.74, 6) is 0.578. The van der Waals surface area contributed by atoms with Crippen LogP contribution in [0.4, 0.5) is 5.13 Å². The van der Waals surface area contributed by atoms with Gasteiger partial charge in [-0.25, -0.2) is 4.98 Å². The van der Waals surface area contributed by atoms with E-state index in [0.29, 0.717) is 24.3 Å². The molecule has 0 spiro atoms. The van der Waals surface area contributed by atoms with E-state index in [1.807, 2.05) is 5.38 Å². The number of carbonyl (C=O) groups is 1. The standard InChI is InChI=1S/C11H15N3O2S.ClH/c15-10(8-5-16-4-3-12-8)14-11-13-9(6-17-11)7-1-2-7;/h6-8,12H,1-5H2,(H,13,14,15);1H. The number of aromatic nitrogens is 1. The van der Waals surface area contributed by atoms with Crippen LogP contribution in [-0.4, -0.2) is 36.7 Å². The van der Waals surface area contributed by atoms with Crippen LogP contribution < -0.4 is 10.6 Å². The Balaban J connectivity index is 0.00000120. The van der Waals surface area contributed by atoms with Crippen molar-refractivity contribution in [1.82, 2.24) is 10.3 Å². The van der Waals surface area contributed by atoms with Gasteiger partial charge in [-0.1, -0.05) is 0 Å². The van der Waals surface area contributed by atoms with Gasteiger partial charge in [0.25, 0.3) is 0 Å². The first kappa shape index (κ1) is 13.7. The van der Waals surface area contributed by atoms with Gasteiger partial charge in [-0.15, -0.1) is 23.7 Å². The molecule has 1 amide bonds. The monoisotopic (exact) mass is 289 g/mol. The summed E-state index contributed by atoms with van der Waals surface area (Å²) in [6.07, 6.45) is 2.46. The molecule has 1 aromatic heterocycles. The van der Waals surface area contributed by atoms with Crippen LogP contribution in [-0.2, 0) is 9.53 Å². The van der Waals surface area contributed by atoms with Gasteiger partial charge < -0.3 is 15.4 Å². The van der Waals surface area contributed by atoms with Crippen molar-refractivity contribution in [2.75, 3.05) is 25.1 Å². The second-order valence-electron chi connectivity index (χ2n) is 4.42. The van der Waals surface area contributed by atoms with Crippen LogP contribution in [0, 0.1) is 0 Å². The van der Waals surface area contributed by atoms with Crippen LogP contribution in [0.3, 0.4) is 0 Å². The lowest BCUT2D eigenvalue weighted by Gasteiger charge is -2.22. The Bertz CT molecular complexity index is 416. The summed E-state index contributed by atoms with van der Waals surface area (Å²) in [7, 11) is 0. The molecule has 1 unspecified atom stereocenters. The van der Waals surface area contributed by atoms with Crippen LogP contribution in [0.2, 0.25) is 0 Å². The molecule has 2 aliphatic rings. The Labute approximate surface area is 116 Å².